The summed E-state index contributed by atoms with van der Waals surface area (Å²) in [5, 5.41) is 6.29. The maximum Gasteiger partial charge on any atom is 0.231 e. The molecule has 1 saturated heterocycles. The Hall–Kier alpha value is -2.64. The highest BCUT2D eigenvalue weighted by molar-refractivity contribution is 7.80. The number of rotatable bonds is 3. The predicted octanol–water partition coefficient (Wildman–Crippen LogP) is 4.36. The Morgan fingerprint density at radius 2 is 2.07 bits per heavy atom. The molecule has 0 bridgehead atoms. The lowest BCUT2D eigenvalue weighted by Gasteiger charge is -2.27. The van der Waals surface area contributed by atoms with Gasteiger partial charge in [0.1, 0.15) is 0 Å². The van der Waals surface area contributed by atoms with Crippen molar-refractivity contribution in [2.75, 3.05) is 11.7 Å². The Kier molecular flexibility index (Phi) is 3.98. The van der Waals surface area contributed by atoms with Crippen LogP contribution in [0.25, 0.3) is 0 Å². The number of fused-ring (bicyclic) bond motifs is 1. The number of benzene rings is 1. The third kappa shape index (κ3) is 2.74. The summed E-state index contributed by atoms with van der Waals surface area (Å²) in [6.07, 6.45) is 1.82. The Morgan fingerprint density at radius 3 is 2.85 bits per heavy atom. The van der Waals surface area contributed by atoms with Crippen LogP contribution in [-0.4, -0.2) is 16.9 Å². The van der Waals surface area contributed by atoms with Gasteiger partial charge in [-0.15, -0.1) is 11.3 Å². The van der Waals surface area contributed by atoms with E-state index < -0.39 is 0 Å². The average molecular weight is 396 g/mol. The molecule has 2 aliphatic heterocycles. The van der Waals surface area contributed by atoms with Crippen molar-refractivity contribution in [2.24, 2.45) is 0 Å². The van der Waals surface area contributed by atoms with Crippen LogP contribution < -0.4 is 19.7 Å². The Morgan fingerprint density at radius 1 is 1.19 bits per heavy atom. The molecule has 27 heavy (non-hydrogen) atoms. The zero-order valence-electron chi connectivity index (χ0n) is 14.6. The number of pyridine rings is 1. The molecule has 2 atom stereocenters. The molecule has 2 unspecified atom stereocenters. The second-order valence-corrected chi connectivity index (χ2v) is 7.84. The van der Waals surface area contributed by atoms with Gasteiger partial charge >= 0.3 is 0 Å². The molecule has 4 heterocycles. The van der Waals surface area contributed by atoms with Crippen molar-refractivity contribution in [3.8, 4) is 11.5 Å². The fraction of sp³-hybridized carbons (Fsp3) is 0.200. The van der Waals surface area contributed by atoms with E-state index in [-0.39, 0.29) is 18.9 Å². The molecular formula is C20H17N3O2S2. The van der Waals surface area contributed by atoms with Crippen LogP contribution in [-0.2, 0) is 0 Å². The second kappa shape index (κ2) is 6.51. The summed E-state index contributed by atoms with van der Waals surface area (Å²) >= 11 is 7.49. The van der Waals surface area contributed by atoms with Crippen molar-refractivity contribution in [2.45, 2.75) is 19.0 Å². The van der Waals surface area contributed by atoms with Crippen LogP contribution in [0.5, 0.6) is 11.5 Å². The van der Waals surface area contributed by atoms with Gasteiger partial charge in [0, 0.05) is 22.8 Å². The number of aryl methyl sites for hydroxylation is 1. The SMILES string of the molecule is Cc1ccsc1C1C(c2ccccn2)NC(=S)N1c1ccc2c(c1)OCO2. The van der Waals surface area contributed by atoms with E-state index in [1.54, 1.807) is 11.3 Å². The van der Waals surface area contributed by atoms with E-state index in [1.165, 1.54) is 10.4 Å². The summed E-state index contributed by atoms with van der Waals surface area (Å²) in [4.78, 5) is 8.02. The first-order valence-corrected chi connectivity index (χ1v) is 9.95. The molecule has 0 aliphatic carbocycles. The molecule has 1 fully saturated rings. The molecule has 136 valence electrons. The zero-order valence-corrected chi connectivity index (χ0v) is 16.2. The van der Waals surface area contributed by atoms with Crippen LogP contribution >= 0.6 is 23.6 Å². The van der Waals surface area contributed by atoms with Gasteiger partial charge in [-0.1, -0.05) is 6.07 Å². The molecule has 0 spiro atoms. The van der Waals surface area contributed by atoms with Gasteiger partial charge in [-0.25, -0.2) is 0 Å². The molecule has 3 aromatic rings. The minimum Gasteiger partial charge on any atom is -0.454 e. The van der Waals surface area contributed by atoms with Crippen molar-refractivity contribution in [1.29, 1.82) is 0 Å². The summed E-state index contributed by atoms with van der Waals surface area (Å²) in [5.74, 6) is 1.51. The van der Waals surface area contributed by atoms with Gasteiger partial charge in [-0.05, 0) is 60.4 Å². The third-order valence-corrected chi connectivity index (χ3v) is 6.31. The largest absolute Gasteiger partial charge is 0.454 e. The maximum atomic E-state index is 5.74. The fourth-order valence-electron chi connectivity index (χ4n) is 3.62. The average Bonchev–Trinajstić information content (AvgIpc) is 3.40. The van der Waals surface area contributed by atoms with Gasteiger partial charge in [-0.2, -0.15) is 0 Å². The van der Waals surface area contributed by atoms with Crippen molar-refractivity contribution >= 4 is 34.4 Å². The monoisotopic (exact) mass is 395 g/mol. The number of thiophene rings is 1. The number of nitrogens with zero attached hydrogens (tertiary/aromatic N) is 2. The minimum atomic E-state index is -0.0264. The molecule has 2 aliphatic rings. The van der Waals surface area contributed by atoms with Crippen molar-refractivity contribution < 1.29 is 9.47 Å². The van der Waals surface area contributed by atoms with Crippen LogP contribution in [0, 0.1) is 6.92 Å². The Labute approximate surface area is 166 Å². The van der Waals surface area contributed by atoms with Gasteiger partial charge in [-0.3, -0.25) is 4.98 Å². The van der Waals surface area contributed by atoms with Crippen molar-refractivity contribution in [1.82, 2.24) is 10.3 Å². The standard InChI is InChI=1S/C20H17N3O2S2/c1-12-7-9-27-19(12)18-17(14-4-2-3-8-21-14)22-20(26)23(18)13-5-6-15-16(10-13)25-11-24-15/h2-10,17-18H,11H2,1H3,(H,22,26). The highest BCUT2D eigenvalue weighted by atomic mass is 32.1. The van der Waals surface area contributed by atoms with Gasteiger partial charge in [0.05, 0.1) is 17.8 Å². The molecule has 5 rings (SSSR count). The molecular weight excluding hydrogens is 378 g/mol. The molecule has 0 saturated carbocycles. The third-order valence-electron chi connectivity index (χ3n) is 4.90. The molecule has 1 aromatic carbocycles. The lowest BCUT2D eigenvalue weighted by atomic mass is 10.0. The van der Waals surface area contributed by atoms with E-state index in [0.29, 0.717) is 5.11 Å². The topological polar surface area (TPSA) is 46.6 Å². The number of aromatic nitrogens is 1. The molecule has 5 nitrogen and oxygen atoms in total. The zero-order chi connectivity index (χ0) is 18.4. The van der Waals surface area contributed by atoms with Crippen molar-refractivity contribution in [3.63, 3.8) is 0 Å². The Bertz CT molecular complexity index is 1010. The van der Waals surface area contributed by atoms with Crippen LogP contribution in [0.1, 0.15) is 28.2 Å². The maximum absolute atomic E-state index is 5.74. The number of nitrogens with one attached hydrogen (secondary N) is 1. The number of ether oxygens (including phenoxy) is 2. The minimum absolute atomic E-state index is 0.0211. The summed E-state index contributed by atoms with van der Waals surface area (Å²) in [6, 6.07) is 14.1. The van der Waals surface area contributed by atoms with Gasteiger partial charge < -0.3 is 19.7 Å². The highest BCUT2D eigenvalue weighted by Crippen LogP contribution is 2.46. The summed E-state index contributed by atoms with van der Waals surface area (Å²) < 4.78 is 11.0. The van der Waals surface area contributed by atoms with E-state index in [0.717, 1.165) is 22.9 Å². The summed E-state index contributed by atoms with van der Waals surface area (Å²) in [5.41, 5.74) is 3.21. The first-order chi connectivity index (χ1) is 13.2. The predicted molar refractivity (Wildman–Crippen MR) is 110 cm³/mol. The smallest absolute Gasteiger partial charge is 0.231 e. The van der Waals surface area contributed by atoms with E-state index in [9.17, 15) is 0 Å². The number of hydrogen-bond donors (Lipinski definition) is 1. The van der Waals surface area contributed by atoms with E-state index >= 15 is 0 Å². The quantitative estimate of drug-likeness (QED) is 0.665. The molecule has 7 heteroatoms. The summed E-state index contributed by atoms with van der Waals surface area (Å²) in [7, 11) is 0. The highest BCUT2D eigenvalue weighted by Gasteiger charge is 2.42. The van der Waals surface area contributed by atoms with E-state index in [4.69, 9.17) is 21.7 Å². The van der Waals surface area contributed by atoms with Crippen LogP contribution in [0.3, 0.4) is 0 Å². The Balaban J connectivity index is 1.63. The normalized spacial score (nSPS) is 20.8. The second-order valence-electron chi connectivity index (χ2n) is 6.50. The number of thiocarbonyl (C=S) groups is 1. The van der Waals surface area contributed by atoms with E-state index in [1.807, 2.05) is 42.6 Å². The van der Waals surface area contributed by atoms with Crippen LogP contribution in [0.15, 0.2) is 54.0 Å². The lowest BCUT2D eigenvalue weighted by Crippen LogP contribution is -2.29. The molecule has 1 N–H and O–H groups in total. The summed E-state index contributed by atoms with van der Waals surface area (Å²) in [6.45, 7) is 2.39. The molecule has 2 aromatic heterocycles. The van der Waals surface area contributed by atoms with Crippen LogP contribution in [0.4, 0.5) is 5.69 Å². The van der Waals surface area contributed by atoms with Gasteiger partial charge in [0.15, 0.2) is 16.6 Å². The number of anilines is 1. The van der Waals surface area contributed by atoms with Crippen molar-refractivity contribution in [3.05, 3.63) is 70.2 Å². The van der Waals surface area contributed by atoms with Gasteiger partial charge in [0.25, 0.3) is 0 Å². The van der Waals surface area contributed by atoms with Gasteiger partial charge in [0.2, 0.25) is 6.79 Å². The number of hydrogen-bond acceptors (Lipinski definition) is 5. The lowest BCUT2D eigenvalue weighted by molar-refractivity contribution is 0.174. The van der Waals surface area contributed by atoms with Crippen LogP contribution in [0.2, 0.25) is 0 Å². The van der Waals surface area contributed by atoms with E-state index in [2.05, 4.69) is 33.6 Å². The first-order valence-electron chi connectivity index (χ1n) is 8.66. The molecule has 0 amide bonds. The first kappa shape index (κ1) is 16.5. The fourth-order valence-corrected chi connectivity index (χ4v) is 5.02. The molecule has 0 radical (unpaired) electrons.